The summed E-state index contributed by atoms with van der Waals surface area (Å²) in [6.07, 6.45) is 5.28. The fourth-order valence-electron chi connectivity index (χ4n) is 3.16. The smallest absolute Gasteiger partial charge is 0.234 e. The highest BCUT2D eigenvalue weighted by Crippen LogP contribution is 2.19. The third-order valence-corrected chi connectivity index (χ3v) is 4.71. The summed E-state index contributed by atoms with van der Waals surface area (Å²) >= 11 is 0. The van der Waals surface area contributed by atoms with E-state index in [1.807, 2.05) is 37.7 Å². The van der Waals surface area contributed by atoms with Crippen LogP contribution in [0.5, 0.6) is 5.88 Å². The SMILES string of the molecule is Cc1n[nH]c(C)c1CCC(=O)N1CC[C@@H](Oc2cncc(N(C)C)n2)C1. The average molecular weight is 358 g/mol. The molecule has 1 fully saturated rings. The number of nitrogens with one attached hydrogen (secondary N) is 1. The minimum Gasteiger partial charge on any atom is -0.471 e. The summed E-state index contributed by atoms with van der Waals surface area (Å²) in [4.78, 5) is 24.8. The zero-order chi connectivity index (χ0) is 18.7. The van der Waals surface area contributed by atoms with Crippen molar-refractivity contribution in [2.45, 2.75) is 39.2 Å². The van der Waals surface area contributed by atoms with Gasteiger partial charge >= 0.3 is 0 Å². The number of anilines is 1. The van der Waals surface area contributed by atoms with Gasteiger partial charge in [0, 0.05) is 39.2 Å². The van der Waals surface area contributed by atoms with Gasteiger partial charge in [-0.05, 0) is 25.8 Å². The second kappa shape index (κ2) is 7.72. The molecule has 140 valence electrons. The fourth-order valence-corrected chi connectivity index (χ4v) is 3.16. The first-order valence-electron chi connectivity index (χ1n) is 8.88. The summed E-state index contributed by atoms with van der Waals surface area (Å²) in [5, 5.41) is 7.15. The summed E-state index contributed by atoms with van der Waals surface area (Å²) in [5.74, 6) is 1.41. The molecule has 26 heavy (non-hydrogen) atoms. The standard InChI is InChI=1S/C18H26N6O2/c1-12-15(13(2)22-21-12)5-6-18(25)24-8-7-14(11-24)26-17-10-19-9-16(20-17)23(3)4/h9-10,14H,5-8,11H2,1-4H3,(H,21,22)/t14-/m1/s1. The van der Waals surface area contributed by atoms with Gasteiger partial charge in [0.15, 0.2) is 5.82 Å². The Hall–Kier alpha value is -2.64. The van der Waals surface area contributed by atoms with E-state index in [4.69, 9.17) is 4.74 Å². The first-order chi connectivity index (χ1) is 12.4. The molecule has 8 nitrogen and oxygen atoms in total. The quantitative estimate of drug-likeness (QED) is 0.842. The number of ether oxygens (including phenoxy) is 1. The molecule has 0 saturated carbocycles. The Morgan fingerprint density at radius 1 is 1.38 bits per heavy atom. The maximum Gasteiger partial charge on any atom is 0.234 e. The zero-order valence-electron chi connectivity index (χ0n) is 15.8. The topological polar surface area (TPSA) is 87.2 Å². The van der Waals surface area contributed by atoms with Gasteiger partial charge in [-0.2, -0.15) is 10.1 Å². The summed E-state index contributed by atoms with van der Waals surface area (Å²) in [7, 11) is 3.82. The fraction of sp³-hybridized carbons (Fsp3) is 0.556. The molecule has 0 spiro atoms. The molecule has 1 aliphatic heterocycles. The molecule has 2 aromatic rings. The highest BCUT2D eigenvalue weighted by Gasteiger charge is 2.28. The third-order valence-electron chi connectivity index (χ3n) is 4.71. The highest BCUT2D eigenvalue weighted by atomic mass is 16.5. The largest absolute Gasteiger partial charge is 0.471 e. The zero-order valence-corrected chi connectivity index (χ0v) is 15.8. The van der Waals surface area contributed by atoms with E-state index < -0.39 is 0 Å². The molecule has 3 heterocycles. The van der Waals surface area contributed by atoms with Gasteiger partial charge in [0.2, 0.25) is 11.8 Å². The molecule has 0 aromatic carbocycles. The number of hydrogen-bond donors (Lipinski definition) is 1. The predicted molar refractivity (Wildman–Crippen MR) is 98.4 cm³/mol. The number of nitrogens with zero attached hydrogens (tertiary/aromatic N) is 5. The van der Waals surface area contributed by atoms with Crippen molar-refractivity contribution in [2.24, 2.45) is 0 Å². The van der Waals surface area contributed by atoms with Gasteiger partial charge in [0.1, 0.15) is 6.10 Å². The van der Waals surface area contributed by atoms with Gasteiger partial charge in [0.05, 0.1) is 24.6 Å². The van der Waals surface area contributed by atoms with Gasteiger partial charge in [-0.3, -0.25) is 14.9 Å². The first kappa shape index (κ1) is 18.2. The van der Waals surface area contributed by atoms with Crippen LogP contribution >= 0.6 is 0 Å². The number of carbonyl (C=O) groups is 1. The van der Waals surface area contributed by atoms with Crippen molar-refractivity contribution in [3.63, 3.8) is 0 Å². The van der Waals surface area contributed by atoms with Crippen molar-refractivity contribution in [1.29, 1.82) is 0 Å². The van der Waals surface area contributed by atoms with Crippen LogP contribution in [0.15, 0.2) is 12.4 Å². The summed E-state index contributed by atoms with van der Waals surface area (Å²) in [6, 6.07) is 0. The minimum atomic E-state index is -0.0388. The van der Waals surface area contributed by atoms with Gasteiger partial charge in [-0.1, -0.05) is 0 Å². The minimum absolute atomic E-state index is 0.0388. The monoisotopic (exact) mass is 358 g/mol. The van der Waals surface area contributed by atoms with Crippen LogP contribution in [0.25, 0.3) is 0 Å². The molecular weight excluding hydrogens is 332 g/mol. The lowest BCUT2D eigenvalue weighted by atomic mass is 10.1. The van der Waals surface area contributed by atoms with E-state index in [9.17, 15) is 4.79 Å². The maximum absolute atomic E-state index is 12.5. The molecule has 1 amide bonds. The lowest BCUT2D eigenvalue weighted by Crippen LogP contribution is -2.31. The lowest BCUT2D eigenvalue weighted by molar-refractivity contribution is -0.130. The third kappa shape index (κ3) is 4.12. The van der Waals surface area contributed by atoms with Crippen molar-refractivity contribution in [3.05, 3.63) is 29.3 Å². The highest BCUT2D eigenvalue weighted by molar-refractivity contribution is 5.76. The Morgan fingerprint density at radius 2 is 2.19 bits per heavy atom. The Bertz CT molecular complexity index is 753. The molecule has 1 N–H and O–H groups in total. The van der Waals surface area contributed by atoms with E-state index >= 15 is 0 Å². The van der Waals surface area contributed by atoms with E-state index in [-0.39, 0.29) is 12.0 Å². The van der Waals surface area contributed by atoms with Gasteiger partial charge in [-0.15, -0.1) is 0 Å². The maximum atomic E-state index is 12.5. The van der Waals surface area contributed by atoms with Crippen molar-refractivity contribution < 1.29 is 9.53 Å². The van der Waals surface area contributed by atoms with Crippen LogP contribution in [0.1, 0.15) is 29.8 Å². The number of likely N-dealkylation sites (tertiary alicyclic amines) is 1. The van der Waals surface area contributed by atoms with Crippen molar-refractivity contribution in [2.75, 3.05) is 32.1 Å². The number of amides is 1. The number of aromatic nitrogens is 4. The lowest BCUT2D eigenvalue weighted by Gasteiger charge is -2.17. The molecule has 0 aliphatic carbocycles. The Balaban J connectivity index is 1.52. The molecule has 0 radical (unpaired) electrons. The number of rotatable bonds is 6. The summed E-state index contributed by atoms with van der Waals surface area (Å²) in [5.41, 5.74) is 3.15. The molecule has 1 saturated heterocycles. The van der Waals surface area contributed by atoms with Crippen molar-refractivity contribution in [3.8, 4) is 5.88 Å². The van der Waals surface area contributed by atoms with Crippen LogP contribution in [0, 0.1) is 13.8 Å². The molecule has 0 bridgehead atoms. The van der Waals surface area contributed by atoms with Crippen LogP contribution in [0.3, 0.4) is 0 Å². The van der Waals surface area contributed by atoms with Gasteiger partial charge in [-0.25, -0.2) is 0 Å². The van der Waals surface area contributed by atoms with E-state index in [2.05, 4.69) is 20.2 Å². The van der Waals surface area contributed by atoms with E-state index in [0.717, 1.165) is 29.2 Å². The normalized spacial score (nSPS) is 16.8. The molecule has 8 heteroatoms. The Kier molecular flexibility index (Phi) is 5.39. The molecule has 3 rings (SSSR count). The molecule has 0 unspecified atom stereocenters. The summed E-state index contributed by atoms with van der Waals surface area (Å²) < 4.78 is 5.93. The number of carbonyl (C=O) groups excluding carboxylic acids is 1. The number of aryl methyl sites for hydroxylation is 2. The molecule has 1 atom stereocenters. The first-order valence-corrected chi connectivity index (χ1v) is 8.88. The number of H-pyrrole nitrogens is 1. The second-order valence-electron chi connectivity index (χ2n) is 6.89. The van der Waals surface area contributed by atoms with Crippen LogP contribution in [-0.2, 0) is 11.2 Å². The summed E-state index contributed by atoms with van der Waals surface area (Å²) in [6.45, 7) is 5.26. The van der Waals surface area contributed by atoms with E-state index in [0.29, 0.717) is 31.8 Å². The number of hydrogen-bond acceptors (Lipinski definition) is 6. The average Bonchev–Trinajstić information content (AvgIpc) is 3.20. The van der Waals surface area contributed by atoms with Crippen LogP contribution < -0.4 is 9.64 Å². The molecule has 2 aromatic heterocycles. The van der Waals surface area contributed by atoms with Crippen molar-refractivity contribution >= 4 is 11.7 Å². The van der Waals surface area contributed by atoms with Crippen LogP contribution in [0.4, 0.5) is 5.82 Å². The predicted octanol–water partition coefficient (Wildman–Crippen LogP) is 1.50. The molecular formula is C18H26N6O2. The van der Waals surface area contributed by atoms with Gasteiger partial charge in [0.25, 0.3) is 0 Å². The van der Waals surface area contributed by atoms with Crippen LogP contribution in [-0.4, -0.2) is 64.3 Å². The Morgan fingerprint density at radius 3 is 2.88 bits per heavy atom. The van der Waals surface area contributed by atoms with Crippen LogP contribution in [0.2, 0.25) is 0 Å². The van der Waals surface area contributed by atoms with E-state index in [1.165, 1.54) is 0 Å². The van der Waals surface area contributed by atoms with Gasteiger partial charge < -0.3 is 14.5 Å². The van der Waals surface area contributed by atoms with Crippen molar-refractivity contribution in [1.82, 2.24) is 25.1 Å². The van der Waals surface area contributed by atoms with E-state index in [1.54, 1.807) is 12.4 Å². The Labute approximate surface area is 153 Å². The second-order valence-corrected chi connectivity index (χ2v) is 6.89. The molecule has 1 aliphatic rings. The number of aromatic amines is 1.